The molecule has 1 fully saturated rings. The second-order valence-corrected chi connectivity index (χ2v) is 7.80. The Kier molecular flexibility index (Phi) is 5.62. The number of H-pyrrole nitrogens is 1. The molecule has 9 heteroatoms. The Labute approximate surface area is 176 Å². The molecular formula is C21H20N2O6S. The number of carbonyl (C=O) groups is 1. The number of rotatable bonds is 7. The van der Waals surface area contributed by atoms with Gasteiger partial charge in [0.1, 0.15) is 18.1 Å². The molecule has 0 spiro atoms. The predicted octanol–water partition coefficient (Wildman–Crippen LogP) is 3.15. The highest BCUT2D eigenvalue weighted by Crippen LogP contribution is 2.25. The molecule has 2 N–H and O–H groups in total. The van der Waals surface area contributed by atoms with Crippen LogP contribution in [-0.4, -0.2) is 42.5 Å². The van der Waals surface area contributed by atoms with Crippen LogP contribution in [0.25, 0.3) is 0 Å². The van der Waals surface area contributed by atoms with E-state index < -0.39 is 6.09 Å². The van der Waals surface area contributed by atoms with E-state index in [9.17, 15) is 14.7 Å². The SMILES string of the molecule is COc1ccc(N2CC(COc3ccc(Cc4sc(=O)[nH]c4O)cc3)OC2=O)cc1. The van der Waals surface area contributed by atoms with E-state index in [4.69, 9.17) is 14.2 Å². The molecule has 4 rings (SSSR count). The summed E-state index contributed by atoms with van der Waals surface area (Å²) in [4.78, 5) is 27.7. The number of hydrogen-bond donors (Lipinski definition) is 2. The van der Waals surface area contributed by atoms with Crippen molar-refractivity contribution in [2.45, 2.75) is 12.5 Å². The van der Waals surface area contributed by atoms with Gasteiger partial charge in [0.15, 0.2) is 6.10 Å². The van der Waals surface area contributed by atoms with Crippen LogP contribution in [0.5, 0.6) is 17.4 Å². The van der Waals surface area contributed by atoms with Crippen LogP contribution in [0.2, 0.25) is 0 Å². The summed E-state index contributed by atoms with van der Waals surface area (Å²) < 4.78 is 16.3. The summed E-state index contributed by atoms with van der Waals surface area (Å²) in [5, 5.41) is 9.68. The highest BCUT2D eigenvalue weighted by molar-refractivity contribution is 7.09. The van der Waals surface area contributed by atoms with E-state index in [1.54, 1.807) is 48.4 Å². The fraction of sp³-hybridized carbons (Fsp3) is 0.238. The number of nitrogens with zero attached hydrogens (tertiary/aromatic N) is 1. The van der Waals surface area contributed by atoms with Gasteiger partial charge in [0.25, 0.3) is 0 Å². The molecule has 0 aliphatic carbocycles. The summed E-state index contributed by atoms with van der Waals surface area (Å²) in [6.07, 6.45) is -0.338. The third-order valence-corrected chi connectivity index (χ3v) is 5.55. The average Bonchev–Trinajstić information content (AvgIpc) is 3.28. The molecule has 1 amide bonds. The van der Waals surface area contributed by atoms with Crippen LogP contribution in [0.3, 0.4) is 0 Å². The van der Waals surface area contributed by atoms with Crippen LogP contribution in [0.15, 0.2) is 53.3 Å². The van der Waals surface area contributed by atoms with Crippen molar-refractivity contribution in [3.8, 4) is 17.4 Å². The maximum atomic E-state index is 12.2. The molecular weight excluding hydrogens is 408 g/mol. The second-order valence-electron chi connectivity index (χ2n) is 6.73. The van der Waals surface area contributed by atoms with Gasteiger partial charge in [-0.15, -0.1) is 0 Å². The minimum absolute atomic E-state index is 0.0882. The first-order valence-corrected chi connectivity index (χ1v) is 10.1. The number of hydrogen-bond acceptors (Lipinski definition) is 7. The molecule has 1 aromatic heterocycles. The highest BCUT2D eigenvalue weighted by atomic mass is 32.1. The first kappa shape index (κ1) is 19.8. The molecule has 3 aromatic rings. The van der Waals surface area contributed by atoms with E-state index >= 15 is 0 Å². The van der Waals surface area contributed by atoms with Gasteiger partial charge in [-0.1, -0.05) is 23.5 Å². The lowest BCUT2D eigenvalue weighted by Crippen LogP contribution is -2.26. The van der Waals surface area contributed by atoms with Gasteiger partial charge < -0.3 is 19.3 Å². The highest BCUT2D eigenvalue weighted by Gasteiger charge is 2.32. The lowest BCUT2D eigenvalue weighted by atomic mass is 10.1. The van der Waals surface area contributed by atoms with Crippen LogP contribution >= 0.6 is 11.3 Å². The molecule has 0 bridgehead atoms. The Hall–Kier alpha value is -3.46. The Morgan fingerprint density at radius 3 is 2.47 bits per heavy atom. The molecule has 0 radical (unpaired) electrons. The zero-order chi connectivity index (χ0) is 21.1. The van der Waals surface area contributed by atoms with Crippen LogP contribution in [0.1, 0.15) is 10.4 Å². The molecule has 1 saturated heterocycles. The topological polar surface area (TPSA) is 101 Å². The number of ether oxygens (including phenoxy) is 3. The van der Waals surface area contributed by atoms with E-state index in [0.29, 0.717) is 23.6 Å². The van der Waals surface area contributed by atoms with E-state index in [-0.39, 0.29) is 23.5 Å². The van der Waals surface area contributed by atoms with Gasteiger partial charge in [-0.05, 0) is 42.0 Å². The normalized spacial score (nSPS) is 15.8. The van der Waals surface area contributed by atoms with Gasteiger partial charge in [-0.25, -0.2) is 4.79 Å². The number of carbonyl (C=O) groups excluding carboxylic acids is 1. The molecule has 1 aliphatic heterocycles. The lowest BCUT2D eigenvalue weighted by Gasteiger charge is -2.13. The number of aromatic amines is 1. The number of nitrogens with one attached hydrogen (secondary N) is 1. The minimum atomic E-state index is -0.408. The number of benzene rings is 2. The quantitative estimate of drug-likeness (QED) is 0.600. The van der Waals surface area contributed by atoms with E-state index in [1.807, 2.05) is 12.1 Å². The maximum absolute atomic E-state index is 12.2. The van der Waals surface area contributed by atoms with Crippen molar-refractivity contribution in [1.82, 2.24) is 4.98 Å². The number of anilines is 1. The molecule has 1 atom stereocenters. The van der Waals surface area contributed by atoms with Crippen molar-refractivity contribution >= 4 is 23.1 Å². The predicted molar refractivity (Wildman–Crippen MR) is 112 cm³/mol. The summed E-state index contributed by atoms with van der Waals surface area (Å²) in [5.41, 5.74) is 1.67. The smallest absolute Gasteiger partial charge is 0.414 e. The third kappa shape index (κ3) is 4.41. The Balaban J connectivity index is 1.31. The zero-order valence-electron chi connectivity index (χ0n) is 16.2. The first-order valence-electron chi connectivity index (χ1n) is 9.26. The van der Waals surface area contributed by atoms with Crippen molar-refractivity contribution in [1.29, 1.82) is 0 Å². The van der Waals surface area contributed by atoms with Crippen molar-refractivity contribution in [3.63, 3.8) is 0 Å². The largest absolute Gasteiger partial charge is 0.497 e. The molecule has 156 valence electrons. The van der Waals surface area contributed by atoms with Gasteiger partial charge in [0.2, 0.25) is 5.88 Å². The maximum Gasteiger partial charge on any atom is 0.414 e. The monoisotopic (exact) mass is 428 g/mol. The summed E-state index contributed by atoms with van der Waals surface area (Å²) in [5.74, 6) is 1.27. The number of methoxy groups -OCH3 is 1. The fourth-order valence-electron chi connectivity index (χ4n) is 3.13. The standard InChI is InChI=1S/C21H20N2O6S/c1-27-15-8-4-14(5-9-15)23-11-17(29-21(23)26)12-28-16-6-2-13(3-7-16)10-18-19(24)22-20(25)30-18/h2-9,17,24H,10-12H2,1H3,(H,22,25). The van der Waals surface area contributed by atoms with Crippen molar-refractivity contribution in [2.75, 3.05) is 25.2 Å². The lowest BCUT2D eigenvalue weighted by molar-refractivity contribution is 0.105. The number of amides is 1. The summed E-state index contributed by atoms with van der Waals surface area (Å²) in [6.45, 7) is 0.632. The Morgan fingerprint density at radius 2 is 1.83 bits per heavy atom. The third-order valence-electron chi connectivity index (χ3n) is 4.68. The van der Waals surface area contributed by atoms with Crippen LogP contribution in [-0.2, 0) is 11.2 Å². The molecule has 1 aliphatic rings. The van der Waals surface area contributed by atoms with Gasteiger partial charge in [0, 0.05) is 12.1 Å². The number of cyclic esters (lactones) is 1. The summed E-state index contributed by atoms with van der Waals surface area (Å²) in [7, 11) is 1.59. The number of aromatic hydroxyl groups is 1. The van der Waals surface area contributed by atoms with Gasteiger partial charge in [-0.2, -0.15) is 0 Å². The Bertz CT molecular complexity index is 1070. The number of aromatic nitrogens is 1. The fourth-order valence-corrected chi connectivity index (χ4v) is 3.89. The summed E-state index contributed by atoms with van der Waals surface area (Å²) in [6, 6.07) is 14.5. The average molecular weight is 428 g/mol. The number of thiazole rings is 1. The van der Waals surface area contributed by atoms with Crippen LogP contribution < -0.4 is 19.2 Å². The molecule has 2 heterocycles. The first-order chi connectivity index (χ1) is 14.5. The minimum Gasteiger partial charge on any atom is -0.497 e. The summed E-state index contributed by atoms with van der Waals surface area (Å²) >= 11 is 0.989. The Morgan fingerprint density at radius 1 is 1.13 bits per heavy atom. The van der Waals surface area contributed by atoms with E-state index in [0.717, 1.165) is 28.3 Å². The molecule has 2 aromatic carbocycles. The zero-order valence-corrected chi connectivity index (χ0v) is 17.0. The second kappa shape index (κ2) is 8.50. The molecule has 0 saturated carbocycles. The van der Waals surface area contributed by atoms with Crippen LogP contribution in [0.4, 0.5) is 10.5 Å². The van der Waals surface area contributed by atoms with Crippen molar-refractivity contribution in [3.05, 3.63) is 68.6 Å². The van der Waals surface area contributed by atoms with E-state index in [2.05, 4.69) is 4.98 Å². The van der Waals surface area contributed by atoms with Crippen LogP contribution in [0, 0.1) is 0 Å². The van der Waals surface area contributed by atoms with Gasteiger partial charge >= 0.3 is 11.0 Å². The van der Waals surface area contributed by atoms with Crippen molar-refractivity contribution in [2.24, 2.45) is 0 Å². The van der Waals surface area contributed by atoms with Crippen molar-refractivity contribution < 1.29 is 24.1 Å². The van der Waals surface area contributed by atoms with E-state index in [1.165, 1.54) is 0 Å². The molecule has 1 unspecified atom stereocenters. The molecule has 8 nitrogen and oxygen atoms in total. The van der Waals surface area contributed by atoms with Gasteiger partial charge in [0.05, 0.1) is 18.5 Å². The van der Waals surface area contributed by atoms with Gasteiger partial charge in [-0.3, -0.25) is 14.7 Å². The molecule has 30 heavy (non-hydrogen) atoms.